The van der Waals surface area contributed by atoms with Gasteiger partial charge in [-0.15, -0.1) is 11.8 Å². The fourth-order valence-corrected chi connectivity index (χ4v) is 3.34. The molecule has 0 spiro atoms. The predicted molar refractivity (Wildman–Crippen MR) is 82.8 cm³/mol. The van der Waals surface area contributed by atoms with Crippen molar-refractivity contribution in [1.82, 2.24) is 10.2 Å². The maximum atomic E-state index is 12.1. The lowest BCUT2D eigenvalue weighted by Gasteiger charge is -2.19. The Balaban J connectivity index is 1.85. The average Bonchev–Trinajstić information content (AvgIpc) is 2.93. The summed E-state index contributed by atoms with van der Waals surface area (Å²) in [6.45, 7) is 2.32. The third kappa shape index (κ3) is 4.15. The molecule has 6 nitrogen and oxygen atoms in total. The minimum absolute atomic E-state index is 0.0251. The maximum absolute atomic E-state index is 12.1. The third-order valence-electron chi connectivity index (χ3n) is 3.24. The zero-order chi connectivity index (χ0) is 15.9. The fraction of sp³-hybridized carbons (Fsp3) is 0.400. The minimum atomic E-state index is -0.431. The lowest BCUT2D eigenvalue weighted by molar-refractivity contribution is -0.120. The molecule has 2 atom stereocenters. The van der Waals surface area contributed by atoms with E-state index in [1.807, 2.05) is 43.3 Å². The Bertz CT molecular complexity index is 573. The van der Waals surface area contributed by atoms with Gasteiger partial charge in [0.15, 0.2) is 0 Å². The molecular weight excluding hydrogens is 302 g/mol. The van der Waals surface area contributed by atoms with Gasteiger partial charge in [0.05, 0.1) is 11.4 Å². The van der Waals surface area contributed by atoms with Crippen LogP contribution in [0.5, 0.6) is 0 Å². The van der Waals surface area contributed by atoms with E-state index in [4.69, 9.17) is 10.00 Å². The number of nitrogens with one attached hydrogen (secondary N) is 1. The summed E-state index contributed by atoms with van der Waals surface area (Å²) < 4.78 is 5.28. The molecule has 1 aliphatic heterocycles. The van der Waals surface area contributed by atoms with Crippen LogP contribution in [0.2, 0.25) is 0 Å². The Morgan fingerprint density at radius 1 is 1.45 bits per heavy atom. The van der Waals surface area contributed by atoms with Gasteiger partial charge in [0.25, 0.3) is 0 Å². The predicted octanol–water partition coefficient (Wildman–Crippen LogP) is 1.73. The number of carbonyl (C=O) groups excluding carboxylic acids is 2. The zero-order valence-electron chi connectivity index (χ0n) is 12.2. The number of benzene rings is 1. The second kappa shape index (κ2) is 7.71. The van der Waals surface area contributed by atoms with Crippen molar-refractivity contribution >= 4 is 23.8 Å². The number of hydrogen-bond donors (Lipinski definition) is 1. The van der Waals surface area contributed by atoms with Crippen molar-refractivity contribution in [3.8, 4) is 6.07 Å². The van der Waals surface area contributed by atoms with E-state index in [0.717, 1.165) is 5.56 Å². The Morgan fingerprint density at radius 3 is 2.86 bits per heavy atom. The molecule has 1 unspecified atom stereocenters. The van der Waals surface area contributed by atoms with Gasteiger partial charge in [-0.3, -0.25) is 9.69 Å². The van der Waals surface area contributed by atoms with E-state index in [2.05, 4.69) is 5.32 Å². The summed E-state index contributed by atoms with van der Waals surface area (Å²) >= 11 is 1.39. The highest BCUT2D eigenvalue weighted by molar-refractivity contribution is 8.01. The topological polar surface area (TPSA) is 82.4 Å². The number of nitrogens with zero attached hydrogens (tertiary/aromatic N) is 2. The first-order chi connectivity index (χ1) is 10.6. The Kier molecular flexibility index (Phi) is 5.67. The summed E-state index contributed by atoms with van der Waals surface area (Å²) in [5.74, 6) is -0.225. The van der Waals surface area contributed by atoms with Gasteiger partial charge in [0, 0.05) is 6.54 Å². The van der Waals surface area contributed by atoms with E-state index >= 15 is 0 Å². The molecule has 1 aliphatic rings. The van der Waals surface area contributed by atoms with Crippen molar-refractivity contribution < 1.29 is 14.3 Å². The average molecular weight is 319 g/mol. The molecule has 0 radical (unpaired) electrons. The third-order valence-corrected chi connectivity index (χ3v) is 4.58. The van der Waals surface area contributed by atoms with Crippen LogP contribution >= 0.6 is 11.8 Å². The summed E-state index contributed by atoms with van der Waals surface area (Å²) in [5, 5.41) is 10.5. The van der Waals surface area contributed by atoms with Gasteiger partial charge in [-0.1, -0.05) is 30.3 Å². The summed E-state index contributed by atoms with van der Waals surface area (Å²) in [6, 6.07) is 11.3. The van der Waals surface area contributed by atoms with Crippen molar-refractivity contribution in [2.24, 2.45) is 0 Å². The van der Waals surface area contributed by atoms with Crippen LogP contribution in [0, 0.1) is 11.3 Å². The molecule has 2 amide bonds. The van der Waals surface area contributed by atoms with Crippen LogP contribution in [0.4, 0.5) is 4.79 Å². The monoisotopic (exact) mass is 319 g/mol. The number of carbonyl (C=O) groups is 2. The molecular formula is C15H17N3O3S. The molecule has 22 heavy (non-hydrogen) atoms. The van der Waals surface area contributed by atoms with Gasteiger partial charge in [-0.25, -0.2) is 4.79 Å². The molecule has 1 saturated heterocycles. The molecule has 1 fully saturated rings. The van der Waals surface area contributed by atoms with E-state index < -0.39 is 6.09 Å². The number of hydrogen-bond acceptors (Lipinski definition) is 5. The number of amides is 2. The van der Waals surface area contributed by atoms with Crippen molar-refractivity contribution in [3.05, 3.63) is 35.9 Å². The molecule has 2 rings (SSSR count). The highest BCUT2D eigenvalue weighted by atomic mass is 32.2. The Hall–Kier alpha value is -2.20. The maximum Gasteiger partial charge on any atom is 0.411 e. The number of thioether (sulfide) groups is 1. The van der Waals surface area contributed by atoms with Crippen LogP contribution < -0.4 is 5.32 Å². The van der Waals surface area contributed by atoms with Crippen molar-refractivity contribution in [3.63, 3.8) is 0 Å². The van der Waals surface area contributed by atoms with Gasteiger partial charge in [-0.2, -0.15) is 5.26 Å². The number of ether oxygens (including phenoxy) is 1. The molecule has 116 valence electrons. The molecule has 7 heteroatoms. The Labute approximate surface area is 133 Å². The van der Waals surface area contributed by atoms with Gasteiger partial charge < -0.3 is 10.1 Å². The highest BCUT2D eigenvalue weighted by Crippen LogP contribution is 2.30. The van der Waals surface area contributed by atoms with Crippen LogP contribution in [-0.4, -0.2) is 40.6 Å². The van der Waals surface area contributed by atoms with Gasteiger partial charge >= 0.3 is 6.09 Å². The lowest BCUT2D eigenvalue weighted by Crippen LogP contribution is -2.38. The van der Waals surface area contributed by atoms with E-state index in [0.29, 0.717) is 0 Å². The molecule has 1 aromatic carbocycles. The number of rotatable bonds is 4. The van der Waals surface area contributed by atoms with Crippen LogP contribution in [0.15, 0.2) is 30.3 Å². The van der Waals surface area contributed by atoms with Crippen molar-refractivity contribution in [2.45, 2.75) is 24.2 Å². The normalized spacial score (nSPS) is 20.3. The van der Waals surface area contributed by atoms with Crippen LogP contribution in [-0.2, 0) is 16.1 Å². The van der Waals surface area contributed by atoms with Crippen LogP contribution in [0.25, 0.3) is 0 Å². The smallest absolute Gasteiger partial charge is 0.411 e. The lowest BCUT2D eigenvalue weighted by atomic mass is 10.2. The molecule has 1 N–H and O–H groups in total. The first-order valence-electron chi connectivity index (χ1n) is 6.89. The summed E-state index contributed by atoms with van der Waals surface area (Å²) in [5.41, 5.74) is 0.915. The van der Waals surface area contributed by atoms with E-state index in [-0.39, 0.29) is 36.2 Å². The highest BCUT2D eigenvalue weighted by Gasteiger charge is 2.37. The number of nitriles is 1. The second-order valence-electron chi connectivity index (χ2n) is 4.79. The van der Waals surface area contributed by atoms with Gasteiger partial charge in [0.2, 0.25) is 5.91 Å². The van der Waals surface area contributed by atoms with Crippen LogP contribution in [0.1, 0.15) is 12.5 Å². The standard InChI is InChI=1S/C15H17N3O3S/c1-11-18(9-13(22-11)14(19)17-8-7-16)15(20)21-10-12-5-3-2-4-6-12/h2-6,11,13H,8-10H2,1H3,(H,17,19)/t11?,13-/m1/s1. The quantitative estimate of drug-likeness (QED) is 0.855. The first-order valence-corrected chi connectivity index (χ1v) is 7.83. The summed E-state index contributed by atoms with van der Waals surface area (Å²) in [4.78, 5) is 25.5. The molecule has 0 aliphatic carbocycles. The van der Waals surface area contributed by atoms with Crippen molar-refractivity contribution in [2.75, 3.05) is 13.1 Å². The van der Waals surface area contributed by atoms with Gasteiger partial charge in [-0.05, 0) is 12.5 Å². The largest absolute Gasteiger partial charge is 0.445 e. The minimum Gasteiger partial charge on any atom is -0.445 e. The van der Waals surface area contributed by atoms with Crippen LogP contribution in [0.3, 0.4) is 0 Å². The van der Waals surface area contributed by atoms with E-state index in [9.17, 15) is 9.59 Å². The summed E-state index contributed by atoms with van der Waals surface area (Å²) in [6.07, 6.45) is -0.431. The molecule has 0 aromatic heterocycles. The van der Waals surface area contributed by atoms with E-state index in [1.54, 1.807) is 0 Å². The zero-order valence-corrected chi connectivity index (χ0v) is 13.0. The second-order valence-corrected chi connectivity index (χ2v) is 6.32. The SMILES string of the molecule is CC1S[C@@H](C(=O)NCC#N)CN1C(=O)OCc1ccccc1. The fourth-order valence-electron chi connectivity index (χ4n) is 2.09. The summed E-state index contributed by atoms with van der Waals surface area (Å²) in [7, 11) is 0. The first kappa shape index (κ1) is 16.2. The van der Waals surface area contributed by atoms with Gasteiger partial charge in [0.1, 0.15) is 18.4 Å². The molecule has 0 saturated carbocycles. The molecule has 1 aromatic rings. The Morgan fingerprint density at radius 2 is 2.18 bits per heavy atom. The molecule has 0 bridgehead atoms. The van der Waals surface area contributed by atoms with Crippen molar-refractivity contribution in [1.29, 1.82) is 5.26 Å². The van der Waals surface area contributed by atoms with E-state index in [1.165, 1.54) is 16.7 Å². The molecule has 1 heterocycles.